The highest BCUT2D eigenvalue weighted by Crippen LogP contribution is 2.34. The van der Waals surface area contributed by atoms with E-state index < -0.39 is 6.16 Å². The number of hydrogen-bond donors (Lipinski definition) is 4. The van der Waals surface area contributed by atoms with E-state index in [1.54, 1.807) is 6.07 Å². The largest absolute Gasteiger partial charge is 0.503 e. The van der Waals surface area contributed by atoms with Gasteiger partial charge in [-0.1, -0.05) is 36.9 Å². The van der Waals surface area contributed by atoms with Crippen LogP contribution in [-0.4, -0.2) is 35.0 Å². The van der Waals surface area contributed by atoms with Crippen LogP contribution in [0.1, 0.15) is 48.0 Å². The number of halogens is 1. The predicted octanol–water partition coefficient (Wildman–Crippen LogP) is 4.80. The van der Waals surface area contributed by atoms with E-state index in [-0.39, 0.29) is 24.5 Å². The van der Waals surface area contributed by atoms with Gasteiger partial charge in [0.05, 0.1) is 9.90 Å². The number of hydrogen-bond acceptors (Lipinski definition) is 6. The molecule has 172 valence electrons. The van der Waals surface area contributed by atoms with Crippen molar-refractivity contribution >= 4 is 45.9 Å². The molecule has 9 nitrogen and oxygen atoms in total. The summed E-state index contributed by atoms with van der Waals surface area (Å²) in [6.45, 7) is 0.543. The summed E-state index contributed by atoms with van der Waals surface area (Å²) in [5.41, 5.74) is 1.28. The highest BCUT2D eigenvalue weighted by Gasteiger charge is 2.24. The lowest BCUT2D eigenvalue weighted by Gasteiger charge is -2.20. The molecule has 2 heterocycles. The fourth-order valence-electron chi connectivity index (χ4n) is 3.53. The number of amides is 2. The van der Waals surface area contributed by atoms with Crippen LogP contribution in [-0.2, 0) is 11.3 Å². The summed E-state index contributed by atoms with van der Waals surface area (Å²) in [5, 5.41) is 20.2. The normalized spacial score (nSPS) is 14.8. The van der Waals surface area contributed by atoms with Gasteiger partial charge >= 0.3 is 6.16 Å². The summed E-state index contributed by atoms with van der Waals surface area (Å²) >= 11 is 7.33. The number of fused-ring (bicyclic) bond motifs is 1. The molecule has 0 saturated heterocycles. The monoisotopic (exact) mass is 482 g/mol. The molecule has 0 spiro atoms. The van der Waals surface area contributed by atoms with Gasteiger partial charge in [-0.2, -0.15) is 0 Å². The van der Waals surface area contributed by atoms with Gasteiger partial charge in [-0.05, 0) is 36.6 Å². The lowest BCUT2D eigenvalue weighted by atomic mass is 9.89. The molecular formula is C21H23ClN2O7S. The van der Waals surface area contributed by atoms with E-state index in [1.165, 1.54) is 17.8 Å². The molecule has 1 aromatic heterocycles. The molecule has 1 saturated carbocycles. The number of carboxylic acid groups (broad SMARTS) is 2. The van der Waals surface area contributed by atoms with Crippen LogP contribution in [0.3, 0.4) is 0 Å². The summed E-state index contributed by atoms with van der Waals surface area (Å²) in [7, 11) is 0. The summed E-state index contributed by atoms with van der Waals surface area (Å²) in [6.07, 6.45) is 3.30. The van der Waals surface area contributed by atoms with Crippen LogP contribution >= 0.6 is 22.9 Å². The minimum absolute atomic E-state index is 0.0131. The number of carbonyl (C=O) groups is 3. The second-order valence-corrected chi connectivity index (χ2v) is 8.95. The van der Waals surface area contributed by atoms with Crippen LogP contribution in [0.2, 0.25) is 4.34 Å². The first-order chi connectivity index (χ1) is 15.3. The maximum Gasteiger partial charge on any atom is 0.503 e. The molecule has 2 aromatic rings. The summed E-state index contributed by atoms with van der Waals surface area (Å²) in [4.78, 5) is 33.8. The average molecular weight is 483 g/mol. The van der Waals surface area contributed by atoms with E-state index in [1.807, 2.05) is 18.2 Å². The van der Waals surface area contributed by atoms with Crippen molar-refractivity contribution in [3.05, 3.63) is 39.7 Å². The van der Waals surface area contributed by atoms with E-state index in [0.717, 1.165) is 31.2 Å². The summed E-state index contributed by atoms with van der Waals surface area (Å²) in [6, 6.07) is 7.13. The Bertz CT molecular complexity index is 985. The third kappa shape index (κ3) is 6.51. The van der Waals surface area contributed by atoms with E-state index in [9.17, 15) is 9.59 Å². The van der Waals surface area contributed by atoms with Crippen LogP contribution < -0.4 is 20.1 Å². The van der Waals surface area contributed by atoms with Crippen LogP contribution in [0.15, 0.2) is 24.3 Å². The maximum atomic E-state index is 12.7. The average Bonchev–Trinajstić information content (AvgIpc) is 3.38. The second-order valence-electron chi connectivity index (χ2n) is 7.27. The molecule has 1 aliphatic carbocycles. The standard InChI is InChI=1S/C20H21ClN2O4S.CH2O3/c21-17-9-14(20(28-17)23-18(24)13-4-2-1-3-5-13)19(25)22-10-12-6-7-15-16(8-12)27-11-26-15;2-1(3)4/h6-9,13H,1-5,10-11H2,(H,22,25)(H,23,24);(H2,2,3,4). The molecule has 4 rings (SSSR count). The number of nitrogens with one attached hydrogen (secondary N) is 2. The van der Waals surface area contributed by atoms with Crippen molar-refractivity contribution in [2.45, 2.75) is 38.6 Å². The molecule has 1 aromatic carbocycles. The highest BCUT2D eigenvalue weighted by molar-refractivity contribution is 7.20. The topological polar surface area (TPSA) is 134 Å². The van der Waals surface area contributed by atoms with Crippen molar-refractivity contribution in [2.24, 2.45) is 5.92 Å². The predicted molar refractivity (Wildman–Crippen MR) is 119 cm³/mol. The Morgan fingerprint density at radius 1 is 1.06 bits per heavy atom. The Morgan fingerprint density at radius 2 is 1.75 bits per heavy atom. The van der Waals surface area contributed by atoms with Gasteiger partial charge in [0.2, 0.25) is 12.7 Å². The fraction of sp³-hybridized carbons (Fsp3) is 0.381. The minimum Gasteiger partial charge on any atom is -0.454 e. The maximum absolute atomic E-state index is 12.7. The third-order valence-electron chi connectivity index (χ3n) is 5.05. The zero-order chi connectivity index (χ0) is 23.1. The number of carbonyl (C=O) groups excluding carboxylic acids is 2. The smallest absolute Gasteiger partial charge is 0.454 e. The van der Waals surface area contributed by atoms with Gasteiger partial charge in [0.1, 0.15) is 5.00 Å². The van der Waals surface area contributed by atoms with Crippen molar-refractivity contribution in [3.63, 3.8) is 0 Å². The fourth-order valence-corrected chi connectivity index (χ4v) is 4.66. The molecule has 1 fully saturated rings. The number of ether oxygens (including phenoxy) is 2. The molecule has 32 heavy (non-hydrogen) atoms. The molecular weight excluding hydrogens is 460 g/mol. The Kier molecular flexibility index (Phi) is 8.18. The zero-order valence-corrected chi connectivity index (χ0v) is 18.6. The Balaban J connectivity index is 0.000000668. The summed E-state index contributed by atoms with van der Waals surface area (Å²) < 4.78 is 11.1. The van der Waals surface area contributed by atoms with Gasteiger partial charge < -0.3 is 30.3 Å². The first-order valence-corrected chi connectivity index (χ1v) is 11.2. The second kappa shape index (κ2) is 11.1. The Hall–Kier alpha value is -2.98. The molecule has 2 amide bonds. The van der Waals surface area contributed by atoms with Gasteiger partial charge in [0, 0.05) is 12.5 Å². The highest BCUT2D eigenvalue weighted by atomic mass is 35.5. The first kappa shape index (κ1) is 23.7. The molecule has 11 heteroatoms. The van der Waals surface area contributed by atoms with Gasteiger partial charge in [-0.3, -0.25) is 9.59 Å². The molecule has 4 N–H and O–H groups in total. The van der Waals surface area contributed by atoms with Crippen LogP contribution in [0.5, 0.6) is 11.5 Å². The van der Waals surface area contributed by atoms with E-state index in [0.29, 0.717) is 32.9 Å². The lowest BCUT2D eigenvalue weighted by Crippen LogP contribution is -2.27. The van der Waals surface area contributed by atoms with Gasteiger partial charge in [-0.25, -0.2) is 4.79 Å². The summed E-state index contributed by atoms with van der Waals surface area (Å²) in [5.74, 6) is 1.08. The molecule has 1 aliphatic heterocycles. The van der Waals surface area contributed by atoms with Crippen LogP contribution in [0.4, 0.5) is 9.80 Å². The molecule has 0 bridgehead atoms. The Morgan fingerprint density at radius 3 is 2.47 bits per heavy atom. The van der Waals surface area contributed by atoms with Crippen molar-refractivity contribution in [1.29, 1.82) is 0 Å². The molecule has 0 radical (unpaired) electrons. The zero-order valence-electron chi connectivity index (χ0n) is 17.1. The number of benzene rings is 1. The molecule has 0 unspecified atom stereocenters. The number of rotatable bonds is 5. The van der Waals surface area contributed by atoms with Crippen molar-refractivity contribution in [2.75, 3.05) is 12.1 Å². The van der Waals surface area contributed by atoms with Gasteiger partial charge in [0.25, 0.3) is 5.91 Å². The van der Waals surface area contributed by atoms with Crippen molar-refractivity contribution in [1.82, 2.24) is 5.32 Å². The quantitative estimate of drug-likeness (QED) is 0.480. The molecule has 0 atom stereocenters. The Labute approximate surface area is 193 Å². The van der Waals surface area contributed by atoms with E-state index >= 15 is 0 Å². The lowest BCUT2D eigenvalue weighted by molar-refractivity contribution is -0.120. The van der Waals surface area contributed by atoms with Gasteiger partial charge in [0.15, 0.2) is 11.5 Å². The van der Waals surface area contributed by atoms with Crippen molar-refractivity contribution in [3.8, 4) is 11.5 Å². The first-order valence-electron chi connectivity index (χ1n) is 10.0. The third-order valence-corrected chi connectivity index (χ3v) is 6.23. The molecule has 2 aliphatic rings. The van der Waals surface area contributed by atoms with Crippen LogP contribution in [0, 0.1) is 5.92 Å². The van der Waals surface area contributed by atoms with E-state index in [2.05, 4.69) is 10.6 Å². The van der Waals surface area contributed by atoms with Gasteiger partial charge in [-0.15, -0.1) is 11.3 Å². The van der Waals surface area contributed by atoms with Crippen LogP contribution in [0.25, 0.3) is 0 Å². The van der Waals surface area contributed by atoms with E-state index in [4.69, 9.17) is 36.1 Å². The number of anilines is 1. The SMILES string of the molecule is O=C(NCc1ccc2c(c1)OCO2)c1cc(Cl)sc1NC(=O)C1CCCCC1.O=C(O)O. The van der Waals surface area contributed by atoms with Crippen molar-refractivity contribution < 1.29 is 34.1 Å². The number of thiophene rings is 1. The minimum atomic E-state index is -1.83.